The van der Waals surface area contributed by atoms with Crippen molar-refractivity contribution in [2.45, 2.75) is 61.3 Å². The van der Waals surface area contributed by atoms with Crippen LogP contribution in [0.1, 0.15) is 61.3 Å². The van der Waals surface area contributed by atoms with E-state index in [-0.39, 0.29) is 10.8 Å². The number of terminal acetylenes is 1. The summed E-state index contributed by atoms with van der Waals surface area (Å²) in [5.41, 5.74) is 0.203. The molecule has 0 aromatic carbocycles. The first-order valence-electron chi connectivity index (χ1n) is 6.10. The van der Waals surface area contributed by atoms with Crippen LogP contribution < -0.4 is 0 Å². The Labute approximate surface area is 96.8 Å². The molecule has 0 heterocycles. The van der Waals surface area contributed by atoms with Gasteiger partial charge in [-0.1, -0.05) is 40.5 Å². The van der Waals surface area contributed by atoms with Crippen LogP contribution in [0.25, 0.3) is 0 Å². The fourth-order valence-corrected chi connectivity index (χ4v) is 2.21. The summed E-state index contributed by atoms with van der Waals surface area (Å²) in [6.07, 6.45) is 8.13. The Morgan fingerprint density at radius 1 is 1.07 bits per heavy atom. The van der Waals surface area contributed by atoms with Crippen LogP contribution in [-0.2, 0) is 0 Å². The molecule has 0 aliphatic rings. The van der Waals surface area contributed by atoms with E-state index in [1.807, 2.05) is 0 Å². The molecule has 0 aliphatic carbocycles. The second-order valence-corrected chi connectivity index (χ2v) is 6.59. The monoisotopic (exact) mass is 208 g/mol. The second kappa shape index (κ2) is 5.06. The summed E-state index contributed by atoms with van der Waals surface area (Å²) in [6, 6.07) is 0. The molecule has 15 heavy (non-hydrogen) atoms. The van der Waals surface area contributed by atoms with Crippen LogP contribution in [0.4, 0.5) is 0 Å². The highest BCUT2D eigenvalue weighted by Crippen LogP contribution is 2.43. The van der Waals surface area contributed by atoms with Crippen molar-refractivity contribution < 1.29 is 0 Å². The molecule has 0 rings (SSSR count). The Balaban J connectivity index is 4.45. The lowest BCUT2D eigenvalue weighted by Crippen LogP contribution is -2.33. The molecule has 0 aliphatic heterocycles. The Hall–Kier alpha value is -0.440. The van der Waals surface area contributed by atoms with Crippen LogP contribution >= 0.6 is 0 Å². The SMILES string of the molecule is C#CC(C)(C)C(C)(C)CC(C)CC(C)C. The molecule has 0 amide bonds. The lowest BCUT2D eigenvalue weighted by molar-refractivity contribution is 0.129. The third-order valence-corrected chi connectivity index (χ3v) is 3.79. The van der Waals surface area contributed by atoms with Gasteiger partial charge in [0.25, 0.3) is 0 Å². The van der Waals surface area contributed by atoms with Crippen molar-refractivity contribution >= 4 is 0 Å². The van der Waals surface area contributed by atoms with Gasteiger partial charge in [0.15, 0.2) is 0 Å². The van der Waals surface area contributed by atoms with Gasteiger partial charge in [-0.2, -0.15) is 0 Å². The summed E-state index contributed by atoms with van der Waals surface area (Å²) in [7, 11) is 0. The lowest BCUT2D eigenvalue weighted by Gasteiger charge is -2.40. The molecular formula is C15H28. The van der Waals surface area contributed by atoms with Gasteiger partial charge in [-0.3, -0.25) is 0 Å². The van der Waals surface area contributed by atoms with Crippen LogP contribution in [0.3, 0.4) is 0 Å². The topological polar surface area (TPSA) is 0 Å². The van der Waals surface area contributed by atoms with Gasteiger partial charge in [0, 0.05) is 5.41 Å². The van der Waals surface area contributed by atoms with Crippen LogP contribution in [0.15, 0.2) is 0 Å². The van der Waals surface area contributed by atoms with Crippen LogP contribution in [0.2, 0.25) is 0 Å². The van der Waals surface area contributed by atoms with E-state index in [0.29, 0.717) is 0 Å². The maximum atomic E-state index is 5.62. The fourth-order valence-electron chi connectivity index (χ4n) is 2.21. The minimum absolute atomic E-state index is 0.0156. The summed E-state index contributed by atoms with van der Waals surface area (Å²) < 4.78 is 0. The number of rotatable bonds is 5. The second-order valence-electron chi connectivity index (χ2n) is 6.59. The van der Waals surface area contributed by atoms with E-state index in [4.69, 9.17) is 6.42 Å². The zero-order valence-electron chi connectivity index (χ0n) is 11.6. The van der Waals surface area contributed by atoms with E-state index in [1.165, 1.54) is 12.8 Å². The van der Waals surface area contributed by atoms with Crippen molar-refractivity contribution in [2.24, 2.45) is 22.7 Å². The van der Waals surface area contributed by atoms with E-state index in [1.54, 1.807) is 0 Å². The summed E-state index contributed by atoms with van der Waals surface area (Å²) in [5, 5.41) is 0. The molecule has 0 radical (unpaired) electrons. The van der Waals surface area contributed by atoms with Gasteiger partial charge in [0.2, 0.25) is 0 Å². The van der Waals surface area contributed by atoms with Crippen molar-refractivity contribution in [3.05, 3.63) is 0 Å². The summed E-state index contributed by atoms with van der Waals surface area (Å²) in [6.45, 7) is 15.9. The predicted octanol–water partition coefficient (Wildman–Crippen LogP) is 4.74. The molecule has 0 heteroatoms. The van der Waals surface area contributed by atoms with Gasteiger partial charge < -0.3 is 0 Å². The van der Waals surface area contributed by atoms with Crippen molar-refractivity contribution in [1.29, 1.82) is 0 Å². The number of hydrogen-bond donors (Lipinski definition) is 0. The van der Waals surface area contributed by atoms with Gasteiger partial charge in [-0.05, 0) is 43.9 Å². The van der Waals surface area contributed by atoms with Gasteiger partial charge in [0.05, 0.1) is 0 Å². The summed E-state index contributed by atoms with van der Waals surface area (Å²) in [5.74, 6) is 4.48. The molecule has 0 N–H and O–H groups in total. The van der Waals surface area contributed by atoms with Crippen molar-refractivity contribution in [3.8, 4) is 12.3 Å². The Morgan fingerprint density at radius 3 is 1.87 bits per heavy atom. The molecule has 0 aromatic heterocycles. The molecular weight excluding hydrogens is 180 g/mol. The first kappa shape index (κ1) is 14.6. The van der Waals surface area contributed by atoms with Crippen LogP contribution in [-0.4, -0.2) is 0 Å². The Bertz CT molecular complexity index is 225. The van der Waals surface area contributed by atoms with E-state index in [9.17, 15) is 0 Å². The number of hydrogen-bond acceptors (Lipinski definition) is 0. The smallest absolute Gasteiger partial charge is 0.0306 e. The van der Waals surface area contributed by atoms with Gasteiger partial charge in [0.1, 0.15) is 0 Å². The maximum Gasteiger partial charge on any atom is 0.0306 e. The summed E-state index contributed by atoms with van der Waals surface area (Å²) in [4.78, 5) is 0. The third-order valence-electron chi connectivity index (χ3n) is 3.79. The molecule has 0 fully saturated rings. The minimum Gasteiger partial charge on any atom is -0.120 e. The zero-order chi connectivity index (χ0) is 12.3. The standard InChI is InChI=1S/C15H28/c1-9-14(5,6)15(7,8)11-13(4)10-12(2)3/h1,12-13H,10-11H2,2-8H3. The third kappa shape index (κ3) is 4.29. The molecule has 0 bridgehead atoms. The van der Waals surface area contributed by atoms with Crippen molar-refractivity contribution in [1.82, 2.24) is 0 Å². The molecule has 0 saturated heterocycles. The fraction of sp³-hybridized carbons (Fsp3) is 0.867. The molecule has 0 aromatic rings. The molecule has 0 nitrogen and oxygen atoms in total. The molecule has 1 atom stereocenters. The lowest BCUT2D eigenvalue weighted by atomic mass is 9.64. The average Bonchev–Trinajstić information content (AvgIpc) is 2.00. The van der Waals surface area contributed by atoms with Crippen molar-refractivity contribution in [3.63, 3.8) is 0 Å². The van der Waals surface area contributed by atoms with Crippen LogP contribution in [0.5, 0.6) is 0 Å². The minimum atomic E-state index is -0.0156. The molecule has 1 unspecified atom stereocenters. The first-order valence-corrected chi connectivity index (χ1v) is 6.10. The normalized spacial score (nSPS) is 15.1. The molecule has 88 valence electrons. The van der Waals surface area contributed by atoms with Gasteiger partial charge >= 0.3 is 0 Å². The highest BCUT2D eigenvalue weighted by Gasteiger charge is 2.36. The van der Waals surface area contributed by atoms with Crippen molar-refractivity contribution in [2.75, 3.05) is 0 Å². The Morgan fingerprint density at radius 2 is 1.53 bits per heavy atom. The first-order chi connectivity index (χ1) is 6.62. The highest BCUT2D eigenvalue weighted by molar-refractivity contribution is 5.07. The van der Waals surface area contributed by atoms with E-state index < -0.39 is 0 Å². The van der Waals surface area contributed by atoms with Gasteiger partial charge in [-0.25, -0.2) is 0 Å². The molecule has 0 saturated carbocycles. The average molecular weight is 208 g/mol. The highest BCUT2D eigenvalue weighted by atomic mass is 14.4. The summed E-state index contributed by atoms with van der Waals surface area (Å²) >= 11 is 0. The van der Waals surface area contributed by atoms with E-state index in [2.05, 4.69) is 54.4 Å². The predicted molar refractivity (Wildman–Crippen MR) is 69.6 cm³/mol. The Kier molecular flexibility index (Phi) is 4.91. The molecule has 0 spiro atoms. The largest absolute Gasteiger partial charge is 0.120 e. The maximum absolute atomic E-state index is 5.62. The van der Waals surface area contributed by atoms with Crippen LogP contribution in [0, 0.1) is 35.0 Å². The quantitative estimate of drug-likeness (QED) is 0.572. The van der Waals surface area contributed by atoms with E-state index in [0.717, 1.165) is 11.8 Å². The van der Waals surface area contributed by atoms with Gasteiger partial charge in [-0.15, -0.1) is 6.42 Å². The van der Waals surface area contributed by atoms with E-state index >= 15 is 0 Å². The zero-order valence-corrected chi connectivity index (χ0v) is 11.6.